The van der Waals surface area contributed by atoms with Crippen molar-refractivity contribution in [2.24, 2.45) is 0 Å². The predicted molar refractivity (Wildman–Crippen MR) is 98.4 cm³/mol. The number of furan rings is 1. The van der Waals surface area contributed by atoms with E-state index in [2.05, 4.69) is 10.2 Å². The van der Waals surface area contributed by atoms with Crippen molar-refractivity contribution < 1.29 is 9.21 Å². The van der Waals surface area contributed by atoms with Crippen molar-refractivity contribution in [3.63, 3.8) is 0 Å². The van der Waals surface area contributed by atoms with Gasteiger partial charge in [-0.1, -0.05) is 11.6 Å². The van der Waals surface area contributed by atoms with E-state index in [0.717, 1.165) is 31.8 Å². The van der Waals surface area contributed by atoms with E-state index in [0.29, 0.717) is 16.5 Å². The Labute approximate surface area is 151 Å². The number of hydrogen-bond donors (Lipinski definition) is 1. The van der Waals surface area contributed by atoms with E-state index in [1.165, 1.54) is 12.5 Å². The van der Waals surface area contributed by atoms with Gasteiger partial charge >= 0.3 is 0 Å². The highest BCUT2D eigenvalue weighted by atomic mass is 35.5. The molecule has 0 spiro atoms. The molecule has 25 heavy (non-hydrogen) atoms. The zero-order valence-electron chi connectivity index (χ0n) is 13.7. The summed E-state index contributed by atoms with van der Waals surface area (Å²) in [5.74, 6) is 0.783. The van der Waals surface area contributed by atoms with Crippen molar-refractivity contribution in [2.75, 3.05) is 23.3 Å². The molecular weight excluding hydrogens is 338 g/mol. The van der Waals surface area contributed by atoms with Crippen molar-refractivity contribution in [2.45, 2.75) is 19.3 Å². The second-order valence-electron chi connectivity index (χ2n) is 5.85. The van der Waals surface area contributed by atoms with Crippen LogP contribution in [0.1, 0.15) is 25.0 Å². The molecule has 0 bridgehead atoms. The van der Waals surface area contributed by atoms with Crippen LogP contribution in [0.4, 0.5) is 11.6 Å². The number of nitrogens with zero attached hydrogens (tertiary/aromatic N) is 2. The number of amides is 1. The summed E-state index contributed by atoms with van der Waals surface area (Å²) in [4.78, 5) is 14.4. The Bertz CT molecular complexity index is 812. The summed E-state index contributed by atoms with van der Waals surface area (Å²) in [6.07, 6.45) is 5.00. The lowest BCUT2D eigenvalue weighted by Gasteiger charge is -2.25. The molecule has 2 aromatic rings. The zero-order valence-corrected chi connectivity index (χ0v) is 14.4. The summed E-state index contributed by atoms with van der Waals surface area (Å²) in [6, 6.07) is 12.3. The SMILES string of the molecule is N#CC(=Cc1ccc(N2CCCCC2)o1)C(=O)Nc1ccc(Cl)cc1. The first-order valence-corrected chi connectivity index (χ1v) is 8.57. The van der Waals surface area contributed by atoms with Gasteiger partial charge in [0.05, 0.1) is 0 Å². The molecule has 3 rings (SSSR count). The first kappa shape index (κ1) is 17.1. The van der Waals surface area contributed by atoms with E-state index in [4.69, 9.17) is 16.0 Å². The zero-order chi connectivity index (χ0) is 17.6. The first-order chi connectivity index (χ1) is 12.2. The van der Waals surface area contributed by atoms with Crippen molar-refractivity contribution in [1.82, 2.24) is 0 Å². The Morgan fingerprint density at radius 3 is 2.56 bits per heavy atom. The summed E-state index contributed by atoms with van der Waals surface area (Å²) < 4.78 is 5.77. The second-order valence-corrected chi connectivity index (χ2v) is 6.29. The maximum Gasteiger partial charge on any atom is 0.266 e. The second kappa shape index (κ2) is 7.91. The van der Waals surface area contributed by atoms with E-state index < -0.39 is 5.91 Å². The Balaban J connectivity index is 1.71. The molecule has 1 aromatic carbocycles. The van der Waals surface area contributed by atoms with Crippen LogP contribution in [0.2, 0.25) is 5.02 Å². The number of rotatable bonds is 4. The summed E-state index contributed by atoms with van der Waals surface area (Å²) in [7, 11) is 0. The minimum absolute atomic E-state index is 0.0190. The average molecular weight is 356 g/mol. The van der Waals surface area contributed by atoms with Crippen LogP contribution in [0.15, 0.2) is 46.4 Å². The molecule has 1 aromatic heterocycles. The standard InChI is InChI=1S/C19H18ClN3O2/c20-15-4-6-16(7-5-15)22-19(24)14(13-21)12-17-8-9-18(25-17)23-10-2-1-3-11-23/h4-9,12H,1-3,10-11H2,(H,22,24). The van der Waals surface area contributed by atoms with Crippen LogP contribution < -0.4 is 10.2 Å². The number of halogens is 1. The van der Waals surface area contributed by atoms with Crippen LogP contribution in [0, 0.1) is 11.3 Å². The number of carbonyl (C=O) groups is 1. The monoisotopic (exact) mass is 355 g/mol. The normalized spacial score (nSPS) is 14.9. The van der Waals surface area contributed by atoms with Crippen molar-refractivity contribution in [3.05, 3.63) is 52.8 Å². The quantitative estimate of drug-likeness (QED) is 0.649. The lowest BCUT2D eigenvalue weighted by Crippen LogP contribution is -2.28. The Kier molecular flexibility index (Phi) is 5.42. The lowest BCUT2D eigenvalue weighted by atomic mass is 10.1. The molecule has 0 radical (unpaired) electrons. The number of benzene rings is 1. The number of nitrogens with one attached hydrogen (secondary N) is 1. The molecule has 0 unspecified atom stereocenters. The van der Waals surface area contributed by atoms with Crippen LogP contribution in [-0.4, -0.2) is 19.0 Å². The molecule has 2 heterocycles. The molecule has 1 fully saturated rings. The number of nitriles is 1. The molecule has 0 saturated carbocycles. The highest BCUT2D eigenvalue weighted by molar-refractivity contribution is 6.30. The fourth-order valence-electron chi connectivity index (χ4n) is 2.73. The topological polar surface area (TPSA) is 69.3 Å². The van der Waals surface area contributed by atoms with E-state index in [9.17, 15) is 10.1 Å². The summed E-state index contributed by atoms with van der Waals surface area (Å²) in [5, 5.41) is 12.5. The average Bonchev–Trinajstić information content (AvgIpc) is 3.11. The molecule has 1 N–H and O–H groups in total. The highest BCUT2D eigenvalue weighted by Crippen LogP contribution is 2.24. The predicted octanol–water partition coefficient (Wildman–Crippen LogP) is 4.47. The van der Waals surface area contributed by atoms with Gasteiger partial charge in [-0.3, -0.25) is 4.79 Å². The highest BCUT2D eigenvalue weighted by Gasteiger charge is 2.15. The Hall–Kier alpha value is -2.71. The van der Waals surface area contributed by atoms with Gasteiger partial charge < -0.3 is 14.6 Å². The van der Waals surface area contributed by atoms with E-state index >= 15 is 0 Å². The summed E-state index contributed by atoms with van der Waals surface area (Å²) >= 11 is 5.82. The van der Waals surface area contributed by atoms with Gasteiger partial charge in [0, 0.05) is 35.9 Å². The van der Waals surface area contributed by atoms with Gasteiger partial charge in [-0.15, -0.1) is 0 Å². The molecular formula is C19H18ClN3O2. The fraction of sp³-hybridized carbons (Fsp3) is 0.263. The maximum atomic E-state index is 12.3. The number of anilines is 2. The minimum atomic E-state index is -0.485. The lowest BCUT2D eigenvalue weighted by molar-refractivity contribution is -0.112. The number of carbonyl (C=O) groups excluding carboxylic acids is 1. The van der Waals surface area contributed by atoms with Gasteiger partial charge in [0.1, 0.15) is 17.4 Å². The van der Waals surface area contributed by atoms with E-state index in [1.54, 1.807) is 30.3 Å². The molecule has 1 aliphatic heterocycles. The third-order valence-corrected chi connectivity index (χ3v) is 4.29. The van der Waals surface area contributed by atoms with Gasteiger partial charge in [0.25, 0.3) is 5.91 Å². The van der Waals surface area contributed by atoms with Crippen LogP contribution >= 0.6 is 11.6 Å². The number of piperidine rings is 1. The Morgan fingerprint density at radius 1 is 1.16 bits per heavy atom. The third kappa shape index (κ3) is 4.43. The molecule has 1 aliphatic rings. The molecule has 6 heteroatoms. The summed E-state index contributed by atoms with van der Waals surface area (Å²) in [6.45, 7) is 1.94. The van der Waals surface area contributed by atoms with Gasteiger partial charge in [0.2, 0.25) is 0 Å². The van der Waals surface area contributed by atoms with E-state index in [1.807, 2.05) is 12.1 Å². The number of hydrogen-bond acceptors (Lipinski definition) is 4. The van der Waals surface area contributed by atoms with Gasteiger partial charge in [-0.2, -0.15) is 5.26 Å². The molecule has 128 valence electrons. The molecule has 0 aliphatic carbocycles. The molecule has 5 nitrogen and oxygen atoms in total. The van der Waals surface area contributed by atoms with E-state index in [-0.39, 0.29) is 5.57 Å². The van der Waals surface area contributed by atoms with Gasteiger partial charge in [-0.05, 0) is 49.6 Å². The largest absolute Gasteiger partial charge is 0.441 e. The minimum Gasteiger partial charge on any atom is -0.441 e. The Morgan fingerprint density at radius 2 is 1.88 bits per heavy atom. The summed E-state index contributed by atoms with van der Waals surface area (Å²) in [5.41, 5.74) is 0.554. The molecule has 1 saturated heterocycles. The third-order valence-electron chi connectivity index (χ3n) is 4.03. The van der Waals surface area contributed by atoms with Crippen molar-refractivity contribution in [1.29, 1.82) is 5.26 Å². The van der Waals surface area contributed by atoms with Crippen LogP contribution in [-0.2, 0) is 4.79 Å². The molecule has 1 amide bonds. The fourth-order valence-corrected chi connectivity index (χ4v) is 2.85. The smallest absolute Gasteiger partial charge is 0.266 e. The maximum absolute atomic E-state index is 12.3. The van der Waals surface area contributed by atoms with Crippen LogP contribution in [0.5, 0.6) is 0 Å². The van der Waals surface area contributed by atoms with Crippen LogP contribution in [0.3, 0.4) is 0 Å². The molecule has 0 atom stereocenters. The van der Waals surface area contributed by atoms with Crippen LogP contribution in [0.25, 0.3) is 6.08 Å². The first-order valence-electron chi connectivity index (χ1n) is 8.19. The van der Waals surface area contributed by atoms with Crippen molar-refractivity contribution >= 4 is 35.2 Å². The van der Waals surface area contributed by atoms with Crippen molar-refractivity contribution in [3.8, 4) is 6.07 Å². The van der Waals surface area contributed by atoms with Gasteiger partial charge in [0.15, 0.2) is 5.88 Å². The van der Waals surface area contributed by atoms with Gasteiger partial charge in [-0.25, -0.2) is 0 Å².